The van der Waals surface area contributed by atoms with Gasteiger partial charge in [0.1, 0.15) is 12.7 Å². The zero-order valence-electron chi connectivity index (χ0n) is 15.4. The van der Waals surface area contributed by atoms with Gasteiger partial charge in [-0.2, -0.15) is 5.10 Å². The van der Waals surface area contributed by atoms with E-state index in [1.807, 2.05) is 71.2 Å². The molecule has 0 unspecified atom stereocenters. The highest BCUT2D eigenvalue weighted by atomic mass is 16.2. The molecule has 0 aliphatic carbocycles. The van der Waals surface area contributed by atoms with Crippen LogP contribution in [0.2, 0.25) is 0 Å². The maximum absolute atomic E-state index is 13.2. The van der Waals surface area contributed by atoms with Gasteiger partial charge in [-0.05, 0) is 37.1 Å². The SMILES string of the molecule is CN(c1ccccc1)c1ccccc1C(=O)N1CCC(n2cncn2)CC1. The first kappa shape index (κ1) is 17.3. The van der Waals surface area contributed by atoms with Gasteiger partial charge in [0.25, 0.3) is 5.91 Å². The van der Waals surface area contributed by atoms with Crippen molar-refractivity contribution in [3.05, 3.63) is 72.8 Å². The van der Waals surface area contributed by atoms with Crippen molar-refractivity contribution < 1.29 is 4.79 Å². The number of piperidine rings is 1. The number of amides is 1. The minimum absolute atomic E-state index is 0.0884. The largest absolute Gasteiger partial charge is 0.344 e. The molecule has 1 fully saturated rings. The molecule has 2 aromatic carbocycles. The van der Waals surface area contributed by atoms with Crippen LogP contribution >= 0.6 is 0 Å². The van der Waals surface area contributed by atoms with Crippen molar-refractivity contribution in [2.75, 3.05) is 25.0 Å². The van der Waals surface area contributed by atoms with Gasteiger partial charge >= 0.3 is 0 Å². The third-order valence-electron chi connectivity index (χ3n) is 5.20. The lowest BCUT2D eigenvalue weighted by Gasteiger charge is -2.33. The Morgan fingerprint density at radius 2 is 1.74 bits per heavy atom. The van der Waals surface area contributed by atoms with Gasteiger partial charge in [-0.25, -0.2) is 9.67 Å². The van der Waals surface area contributed by atoms with E-state index in [2.05, 4.69) is 15.0 Å². The van der Waals surface area contributed by atoms with Crippen molar-refractivity contribution in [3.8, 4) is 0 Å². The normalized spacial score (nSPS) is 14.9. The van der Waals surface area contributed by atoms with Crippen molar-refractivity contribution >= 4 is 17.3 Å². The number of para-hydroxylation sites is 2. The smallest absolute Gasteiger partial charge is 0.255 e. The van der Waals surface area contributed by atoms with E-state index in [1.165, 1.54) is 0 Å². The van der Waals surface area contributed by atoms with Crippen LogP contribution in [-0.2, 0) is 0 Å². The molecule has 0 saturated carbocycles. The van der Waals surface area contributed by atoms with Gasteiger partial charge in [0.2, 0.25) is 0 Å². The molecule has 6 heteroatoms. The average Bonchev–Trinajstić information content (AvgIpc) is 3.28. The van der Waals surface area contributed by atoms with Crippen LogP contribution in [0.15, 0.2) is 67.3 Å². The van der Waals surface area contributed by atoms with E-state index >= 15 is 0 Å². The van der Waals surface area contributed by atoms with Gasteiger partial charge in [0.15, 0.2) is 0 Å². The van der Waals surface area contributed by atoms with Crippen molar-refractivity contribution in [1.82, 2.24) is 19.7 Å². The fourth-order valence-electron chi connectivity index (χ4n) is 3.65. The summed E-state index contributed by atoms with van der Waals surface area (Å²) in [6.45, 7) is 1.46. The summed E-state index contributed by atoms with van der Waals surface area (Å²) in [5, 5.41) is 4.23. The Balaban J connectivity index is 1.51. The molecule has 1 saturated heterocycles. The number of hydrogen-bond donors (Lipinski definition) is 0. The zero-order valence-corrected chi connectivity index (χ0v) is 15.4. The van der Waals surface area contributed by atoms with Crippen LogP contribution in [0.1, 0.15) is 29.2 Å². The lowest BCUT2D eigenvalue weighted by atomic mass is 10.0. The maximum Gasteiger partial charge on any atom is 0.255 e. The zero-order chi connectivity index (χ0) is 18.6. The highest BCUT2D eigenvalue weighted by Crippen LogP contribution is 2.29. The monoisotopic (exact) mass is 361 g/mol. The number of benzene rings is 2. The van der Waals surface area contributed by atoms with Crippen LogP contribution < -0.4 is 4.90 Å². The molecule has 2 heterocycles. The first-order valence-electron chi connectivity index (χ1n) is 9.25. The Morgan fingerprint density at radius 1 is 1.04 bits per heavy atom. The summed E-state index contributed by atoms with van der Waals surface area (Å²) in [6.07, 6.45) is 5.11. The minimum Gasteiger partial charge on any atom is -0.344 e. The second-order valence-electron chi connectivity index (χ2n) is 6.81. The molecule has 0 atom stereocenters. The van der Waals surface area contributed by atoms with Gasteiger partial charge < -0.3 is 9.80 Å². The lowest BCUT2D eigenvalue weighted by molar-refractivity contribution is 0.0690. The molecule has 3 aromatic rings. The van der Waals surface area contributed by atoms with Crippen molar-refractivity contribution in [3.63, 3.8) is 0 Å². The highest BCUT2D eigenvalue weighted by molar-refractivity contribution is 6.00. The quantitative estimate of drug-likeness (QED) is 0.713. The minimum atomic E-state index is 0.0884. The van der Waals surface area contributed by atoms with E-state index in [0.717, 1.165) is 42.9 Å². The predicted molar refractivity (Wildman–Crippen MR) is 105 cm³/mol. The Kier molecular flexibility index (Phi) is 4.87. The number of aromatic nitrogens is 3. The molecule has 27 heavy (non-hydrogen) atoms. The third-order valence-corrected chi connectivity index (χ3v) is 5.20. The molecule has 0 N–H and O–H groups in total. The van der Waals surface area contributed by atoms with Crippen LogP contribution in [0.4, 0.5) is 11.4 Å². The number of hydrogen-bond acceptors (Lipinski definition) is 4. The van der Waals surface area contributed by atoms with Crippen molar-refractivity contribution in [2.24, 2.45) is 0 Å². The maximum atomic E-state index is 13.2. The molecule has 1 amide bonds. The van der Waals surface area contributed by atoms with Crippen LogP contribution in [0, 0.1) is 0 Å². The van der Waals surface area contributed by atoms with Gasteiger partial charge in [-0.3, -0.25) is 4.79 Å². The summed E-state index contributed by atoms with van der Waals surface area (Å²) in [4.78, 5) is 21.3. The Bertz CT molecular complexity index is 886. The fourth-order valence-corrected chi connectivity index (χ4v) is 3.65. The number of anilines is 2. The third kappa shape index (κ3) is 3.56. The summed E-state index contributed by atoms with van der Waals surface area (Å²) in [6, 6.07) is 18.2. The van der Waals surface area contributed by atoms with Crippen LogP contribution in [0.25, 0.3) is 0 Å². The van der Waals surface area contributed by atoms with Crippen LogP contribution in [0.5, 0.6) is 0 Å². The Hall–Kier alpha value is -3.15. The number of nitrogens with zero attached hydrogens (tertiary/aromatic N) is 5. The van der Waals surface area contributed by atoms with Gasteiger partial charge in [0, 0.05) is 25.8 Å². The summed E-state index contributed by atoms with van der Waals surface area (Å²) in [5.41, 5.74) is 2.72. The van der Waals surface area contributed by atoms with Crippen LogP contribution in [0.3, 0.4) is 0 Å². The summed E-state index contributed by atoms with van der Waals surface area (Å²) in [5.74, 6) is 0.0884. The van der Waals surface area contributed by atoms with E-state index in [9.17, 15) is 4.79 Å². The number of rotatable bonds is 4. The van der Waals surface area contributed by atoms with Crippen molar-refractivity contribution in [1.29, 1.82) is 0 Å². The summed E-state index contributed by atoms with van der Waals surface area (Å²) < 4.78 is 1.90. The molecule has 4 rings (SSSR count). The molecule has 6 nitrogen and oxygen atoms in total. The fraction of sp³-hybridized carbons (Fsp3) is 0.286. The summed E-state index contributed by atoms with van der Waals surface area (Å²) in [7, 11) is 2.00. The Labute approximate surface area is 159 Å². The molecule has 1 aliphatic heterocycles. The second-order valence-corrected chi connectivity index (χ2v) is 6.81. The highest BCUT2D eigenvalue weighted by Gasteiger charge is 2.26. The molecular formula is C21H23N5O. The first-order valence-corrected chi connectivity index (χ1v) is 9.25. The van der Waals surface area contributed by atoms with E-state index in [4.69, 9.17) is 0 Å². The molecule has 0 radical (unpaired) electrons. The molecule has 1 aromatic heterocycles. The standard InChI is InChI=1S/C21H23N5O/c1-24(17-7-3-2-4-8-17)20-10-6-5-9-19(20)21(27)25-13-11-18(12-14-25)26-16-22-15-23-26/h2-10,15-16,18H,11-14H2,1H3. The first-order chi connectivity index (χ1) is 13.2. The van der Waals surface area contributed by atoms with E-state index in [-0.39, 0.29) is 5.91 Å². The predicted octanol–water partition coefficient (Wildman–Crippen LogP) is 3.52. The van der Waals surface area contributed by atoms with Gasteiger partial charge in [-0.15, -0.1) is 0 Å². The molecular weight excluding hydrogens is 338 g/mol. The topological polar surface area (TPSA) is 54.3 Å². The molecule has 138 valence electrons. The average molecular weight is 361 g/mol. The van der Waals surface area contributed by atoms with E-state index < -0.39 is 0 Å². The number of carbonyl (C=O) groups excluding carboxylic acids is 1. The van der Waals surface area contributed by atoms with Crippen LogP contribution in [-0.4, -0.2) is 45.7 Å². The number of likely N-dealkylation sites (tertiary alicyclic amines) is 1. The van der Waals surface area contributed by atoms with Gasteiger partial charge in [-0.1, -0.05) is 30.3 Å². The van der Waals surface area contributed by atoms with Crippen molar-refractivity contribution in [2.45, 2.75) is 18.9 Å². The van der Waals surface area contributed by atoms with E-state index in [1.54, 1.807) is 12.7 Å². The Morgan fingerprint density at radius 3 is 2.44 bits per heavy atom. The van der Waals surface area contributed by atoms with E-state index in [0.29, 0.717) is 6.04 Å². The lowest BCUT2D eigenvalue weighted by Crippen LogP contribution is -2.39. The molecule has 1 aliphatic rings. The van der Waals surface area contributed by atoms with Gasteiger partial charge in [0.05, 0.1) is 17.3 Å². The molecule has 0 spiro atoms. The molecule has 0 bridgehead atoms. The summed E-state index contributed by atoms with van der Waals surface area (Å²) >= 11 is 0. The second kappa shape index (κ2) is 7.61. The number of carbonyl (C=O) groups is 1.